The fourth-order valence-corrected chi connectivity index (χ4v) is 4.06. The van der Waals surface area contributed by atoms with E-state index >= 15 is 0 Å². The molecule has 1 N–H and O–H groups in total. The summed E-state index contributed by atoms with van der Waals surface area (Å²) in [5.74, 6) is -0.000345. The first-order chi connectivity index (χ1) is 11.1. The standard InChI is InChI=1S/C17H23FN2O2S/c1-3-5-9-19-16(22)14-11-23-17(20(14)15(21)4-2)12-7-6-8-13(18)10-12/h6-8,10,14,17H,3-5,9,11H2,1-2H3,(H,19,22). The summed E-state index contributed by atoms with van der Waals surface area (Å²) < 4.78 is 13.5. The Morgan fingerprint density at radius 3 is 2.83 bits per heavy atom. The molecule has 2 unspecified atom stereocenters. The first-order valence-corrected chi connectivity index (χ1v) is 9.09. The van der Waals surface area contributed by atoms with Gasteiger partial charge >= 0.3 is 0 Å². The molecule has 0 spiro atoms. The second-order valence-electron chi connectivity index (χ2n) is 5.56. The number of nitrogens with one attached hydrogen (secondary N) is 1. The molecule has 23 heavy (non-hydrogen) atoms. The molecule has 0 aromatic heterocycles. The van der Waals surface area contributed by atoms with Gasteiger partial charge in [0.25, 0.3) is 0 Å². The lowest BCUT2D eigenvalue weighted by Gasteiger charge is -2.28. The van der Waals surface area contributed by atoms with E-state index in [1.165, 1.54) is 23.9 Å². The van der Waals surface area contributed by atoms with Crippen molar-refractivity contribution >= 4 is 23.6 Å². The van der Waals surface area contributed by atoms with Crippen molar-refractivity contribution < 1.29 is 14.0 Å². The second-order valence-corrected chi connectivity index (χ2v) is 6.67. The summed E-state index contributed by atoms with van der Waals surface area (Å²) in [5, 5.41) is 2.59. The number of hydrogen-bond donors (Lipinski definition) is 1. The summed E-state index contributed by atoms with van der Waals surface area (Å²) in [6.07, 6.45) is 2.25. The number of thioether (sulfide) groups is 1. The number of hydrogen-bond acceptors (Lipinski definition) is 3. The summed E-state index contributed by atoms with van der Waals surface area (Å²) in [4.78, 5) is 26.4. The van der Waals surface area contributed by atoms with Gasteiger partial charge in [0.2, 0.25) is 11.8 Å². The molecule has 0 aliphatic carbocycles. The van der Waals surface area contributed by atoms with E-state index in [1.54, 1.807) is 24.0 Å². The Morgan fingerprint density at radius 2 is 2.17 bits per heavy atom. The monoisotopic (exact) mass is 338 g/mol. The number of benzene rings is 1. The molecule has 0 saturated carbocycles. The molecule has 1 fully saturated rings. The van der Waals surface area contributed by atoms with E-state index < -0.39 is 6.04 Å². The minimum Gasteiger partial charge on any atom is -0.354 e. The van der Waals surface area contributed by atoms with Crippen molar-refractivity contribution in [3.63, 3.8) is 0 Å². The first-order valence-electron chi connectivity index (χ1n) is 8.04. The van der Waals surface area contributed by atoms with E-state index in [0.717, 1.165) is 18.4 Å². The molecule has 6 heteroatoms. The van der Waals surface area contributed by atoms with Crippen LogP contribution in [0.25, 0.3) is 0 Å². The molecule has 1 heterocycles. The van der Waals surface area contributed by atoms with Gasteiger partial charge in [-0.15, -0.1) is 11.8 Å². The first kappa shape index (κ1) is 17.8. The number of rotatable bonds is 6. The third-order valence-electron chi connectivity index (χ3n) is 3.86. The van der Waals surface area contributed by atoms with Crippen LogP contribution in [-0.4, -0.2) is 35.1 Å². The van der Waals surface area contributed by atoms with E-state index in [0.29, 0.717) is 18.7 Å². The zero-order valence-electron chi connectivity index (χ0n) is 13.5. The molecule has 2 rings (SSSR count). The van der Waals surface area contributed by atoms with E-state index in [4.69, 9.17) is 0 Å². The lowest BCUT2D eigenvalue weighted by atomic mass is 10.1. The number of unbranched alkanes of at least 4 members (excludes halogenated alkanes) is 1. The maximum atomic E-state index is 13.5. The highest BCUT2D eigenvalue weighted by Crippen LogP contribution is 2.41. The van der Waals surface area contributed by atoms with Crippen molar-refractivity contribution in [1.82, 2.24) is 10.2 Å². The van der Waals surface area contributed by atoms with Crippen LogP contribution in [0.1, 0.15) is 44.0 Å². The lowest BCUT2D eigenvalue weighted by Crippen LogP contribution is -2.48. The van der Waals surface area contributed by atoms with Gasteiger partial charge in [0, 0.05) is 18.7 Å². The van der Waals surface area contributed by atoms with Crippen molar-refractivity contribution in [2.24, 2.45) is 0 Å². The number of nitrogens with zero attached hydrogens (tertiary/aromatic N) is 1. The molecule has 2 atom stereocenters. The average molecular weight is 338 g/mol. The highest BCUT2D eigenvalue weighted by Gasteiger charge is 2.41. The van der Waals surface area contributed by atoms with Gasteiger partial charge in [0.1, 0.15) is 17.2 Å². The van der Waals surface area contributed by atoms with Crippen molar-refractivity contribution in [1.29, 1.82) is 0 Å². The van der Waals surface area contributed by atoms with Crippen molar-refractivity contribution in [3.05, 3.63) is 35.6 Å². The Balaban J connectivity index is 2.18. The fraction of sp³-hybridized carbons (Fsp3) is 0.529. The highest BCUT2D eigenvalue weighted by atomic mass is 32.2. The Kier molecular flexibility index (Phi) is 6.45. The minimum absolute atomic E-state index is 0.0834. The van der Waals surface area contributed by atoms with E-state index in [2.05, 4.69) is 12.2 Å². The van der Waals surface area contributed by atoms with Crippen LogP contribution in [0.15, 0.2) is 24.3 Å². The molecule has 2 amide bonds. The van der Waals surface area contributed by atoms with Crippen LogP contribution in [-0.2, 0) is 9.59 Å². The van der Waals surface area contributed by atoms with Crippen LogP contribution < -0.4 is 5.32 Å². The predicted molar refractivity (Wildman–Crippen MR) is 90.4 cm³/mol. The van der Waals surface area contributed by atoms with Gasteiger partial charge in [0.15, 0.2) is 0 Å². The second kappa shape index (κ2) is 8.34. The Bertz CT molecular complexity index is 567. The zero-order chi connectivity index (χ0) is 16.8. The fourth-order valence-electron chi connectivity index (χ4n) is 2.62. The molecule has 4 nitrogen and oxygen atoms in total. The summed E-state index contributed by atoms with van der Waals surface area (Å²) in [6.45, 7) is 4.46. The normalized spacial score (nSPS) is 20.6. The number of carbonyl (C=O) groups excluding carboxylic acids is 2. The minimum atomic E-state index is -0.488. The average Bonchev–Trinajstić information content (AvgIpc) is 2.99. The van der Waals surface area contributed by atoms with Crippen LogP contribution >= 0.6 is 11.8 Å². The van der Waals surface area contributed by atoms with Crippen LogP contribution in [0.4, 0.5) is 4.39 Å². The van der Waals surface area contributed by atoms with Gasteiger partial charge in [0.05, 0.1) is 0 Å². The van der Waals surface area contributed by atoms with Gasteiger partial charge < -0.3 is 10.2 Å². The number of halogens is 1. The smallest absolute Gasteiger partial charge is 0.243 e. The maximum Gasteiger partial charge on any atom is 0.243 e. The topological polar surface area (TPSA) is 49.4 Å². The molecule has 1 aliphatic heterocycles. The molecule has 1 aromatic carbocycles. The van der Waals surface area contributed by atoms with Crippen LogP contribution in [0, 0.1) is 5.82 Å². The number of carbonyl (C=O) groups is 2. The van der Waals surface area contributed by atoms with Crippen molar-refractivity contribution in [2.75, 3.05) is 12.3 Å². The van der Waals surface area contributed by atoms with Crippen LogP contribution in [0.2, 0.25) is 0 Å². The zero-order valence-corrected chi connectivity index (χ0v) is 14.4. The van der Waals surface area contributed by atoms with Gasteiger partial charge in [-0.3, -0.25) is 9.59 Å². The van der Waals surface area contributed by atoms with Gasteiger partial charge in [-0.1, -0.05) is 32.4 Å². The molecular weight excluding hydrogens is 315 g/mol. The van der Waals surface area contributed by atoms with E-state index in [1.807, 2.05) is 0 Å². The molecule has 1 aliphatic rings. The van der Waals surface area contributed by atoms with Crippen LogP contribution in [0.5, 0.6) is 0 Å². The summed E-state index contributed by atoms with van der Waals surface area (Å²) in [5.41, 5.74) is 0.723. The van der Waals surface area contributed by atoms with Gasteiger partial charge in [-0.05, 0) is 24.1 Å². The predicted octanol–water partition coefficient (Wildman–Crippen LogP) is 3.09. The Hall–Kier alpha value is -1.56. The third kappa shape index (κ3) is 4.25. The quantitative estimate of drug-likeness (QED) is 0.811. The molecule has 126 valence electrons. The molecule has 0 radical (unpaired) electrons. The lowest BCUT2D eigenvalue weighted by molar-refractivity contribution is -0.139. The van der Waals surface area contributed by atoms with E-state index in [9.17, 15) is 14.0 Å². The Labute approximate surface area is 140 Å². The third-order valence-corrected chi connectivity index (χ3v) is 5.18. The summed E-state index contributed by atoms with van der Waals surface area (Å²) >= 11 is 1.51. The van der Waals surface area contributed by atoms with Crippen LogP contribution in [0.3, 0.4) is 0 Å². The molecule has 0 bridgehead atoms. The molecule has 1 saturated heterocycles. The Morgan fingerprint density at radius 1 is 1.39 bits per heavy atom. The molecule has 1 aromatic rings. The van der Waals surface area contributed by atoms with E-state index in [-0.39, 0.29) is 23.0 Å². The molecular formula is C17H23FN2O2S. The number of amides is 2. The van der Waals surface area contributed by atoms with Crippen molar-refractivity contribution in [2.45, 2.75) is 44.5 Å². The largest absolute Gasteiger partial charge is 0.354 e. The van der Waals surface area contributed by atoms with Gasteiger partial charge in [-0.25, -0.2) is 4.39 Å². The summed E-state index contributed by atoms with van der Waals surface area (Å²) in [6, 6.07) is 5.76. The maximum absolute atomic E-state index is 13.5. The SMILES string of the molecule is CCCCNC(=O)C1CSC(c2cccc(F)c2)N1C(=O)CC. The highest BCUT2D eigenvalue weighted by molar-refractivity contribution is 7.99. The summed E-state index contributed by atoms with van der Waals surface area (Å²) in [7, 11) is 0. The van der Waals surface area contributed by atoms with Crippen molar-refractivity contribution in [3.8, 4) is 0 Å². The van der Waals surface area contributed by atoms with Gasteiger partial charge in [-0.2, -0.15) is 0 Å².